The molecule has 0 bridgehead atoms. The molecule has 1 aliphatic heterocycles. The lowest BCUT2D eigenvalue weighted by Crippen LogP contribution is -2.00. The third-order valence-electron chi connectivity index (χ3n) is 3.58. The zero-order chi connectivity index (χ0) is 16.4. The normalized spacial score (nSPS) is 14.6. The predicted molar refractivity (Wildman–Crippen MR) is 90.7 cm³/mol. The summed E-state index contributed by atoms with van der Waals surface area (Å²) in [6.07, 6.45) is 3.76. The minimum atomic E-state index is -0.187. The largest absolute Gasteiger partial charge is 0.496 e. The maximum absolute atomic E-state index is 12.6. The number of ether oxygens (including phenoxy) is 3. The van der Waals surface area contributed by atoms with Crippen molar-refractivity contribution in [1.29, 1.82) is 0 Å². The molecule has 0 aliphatic carbocycles. The SMILES string of the molecule is COc1cc(OC)c2c(c1)O/C(=C\c1ccc(SC)cc1)C2=O. The standard InChI is InChI=1S/C18H16O4S/c1-20-12-9-14(21-2)17-15(10-12)22-16(18(17)19)8-11-4-6-13(23-3)7-5-11/h4-10H,1-3H3/b16-8-. The second kappa shape index (κ2) is 6.38. The Balaban J connectivity index is 1.97. The van der Waals surface area contributed by atoms with Gasteiger partial charge in [-0.15, -0.1) is 11.8 Å². The number of carbonyl (C=O) groups is 1. The minimum Gasteiger partial charge on any atom is -0.496 e. The zero-order valence-electron chi connectivity index (χ0n) is 13.1. The highest BCUT2D eigenvalue weighted by molar-refractivity contribution is 7.98. The summed E-state index contributed by atoms with van der Waals surface area (Å²) in [6.45, 7) is 0. The van der Waals surface area contributed by atoms with Crippen LogP contribution in [-0.2, 0) is 0 Å². The molecule has 1 heterocycles. The van der Waals surface area contributed by atoms with E-state index >= 15 is 0 Å². The Morgan fingerprint density at radius 1 is 1.09 bits per heavy atom. The number of fused-ring (bicyclic) bond motifs is 1. The van der Waals surface area contributed by atoms with Crippen LogP contribution in [0.1, 0.15) is 15.9 Å². The first kappa shape index (κ1) is 15.5. The molecule has 0 saturated heterocycles. The van der Waals surface area contributed by atoms with E-state index in [1.165, 1.54) is 12.0 Å². The summed E-state index contributed by atoms with van der Waals surface area (Å²) in [7, 11) is 3.08. The van der Waals surface area contributed by atoms with Crippen LogP contribution in [0.15, 0.2) is 47.1 Å². The van der Waals surface area contributed by atoms with Gasteiger partial charge >= 0.3 is 0 Å². The van der Waals surface area contributed by atoms with Gasteiger partial charge in [0.25, 0.3) is 0 Å². The quantitative estimate of drug-likeness (QED) is 0.626. The van der Waals surface area contributed by atoms with E-state index in [0.29, 0.717) is 22.8 Å². The number of rotatable bonds is 4. The van der Waals surface area contributed by atoms with Gasteiger partial charge in [-0.2, -0.15) is 0 Å². The molecule has 3 rings (SSSR count). The van der Waals surface area contributed by atoms with Crippen LogP contribution < -0.4 is 14.2 Å². The van der Waals surface area contributed by atoms with E-state index in [4.69, 9.17) is 14.2 Å². The van der Waals surface area contributed by atoms with Gasteiger partial charge in [-0.1, -0.05) is 12.1 Å². The summed E-state index contributed by atoms with van der Waals surface area (Å²) in [4.78, 5) is 13.8. The van der Waals surface area contributed by atoms with Crippen molar-refractivity contribution in [2.75, 3.05) is 20.5 Å². The number of ketones is 1. The van der Waals surface area contributed by atoms with Crippen LogP contribution in [0.25, 0.3) is 6.08 Å². The van der Waals surface area contributed by atoms with Crippen LogP contribution in [-0.4, -0.2) is 26.3 Å². The fourth-order valence-corrected chi connectivity index (χ4v) is 2.79. The molecule has 0 N–H and O–H groups in total. The van der Waals surface area contributed by atoms with Crippen LogP contribution in [0.5, 0.6) is 17.2 Å². The first-order valence-corrected chi connectivity index (χ1v) is 8.23. The van der Waals surface area contributed by atoms with E-state index in [9.17, 15) is 4.79 Å². The Bertz CT molecular complexity index is 778. The van der Waals surface area contributed by atoms with Crippen molar-refractivity contribution >= 4 is 23.6 Å². The van der Waals surface area contributed by atoms with Crippen molar-refractivity contribution < 1.29 is 19.0 Å². The molecule has 5 heteroatoms. The predicted octanol–water partition coefficient (Wildman–Crippen LogP) is 4.04. The fraction of sp³-hybridized carbons (Fsp3) is 0.167. The van der Waals surface area contributed by atoms with Crippen molar-refractivity contribution in [3.8, 4) is 17.2 Å². The minimum absolute atomic E-state index is 0.187. The summed E-state index contributed by atoms with van der Waals surface area (Å²) < 4.78 is 16.2. The van der Waals surface area contributed by atoms with E-state index in [1.807, 2.05) is 30.5 Å². The third kappa shape index (κ3) is 2.92. The van der Waals surface area contributed by atoms with Crippen LogP contribution in [0.3, 0.4) is 0 Å². The molecule has 23 heavy (non-hydrogen) atoms. The number of Topliss-reactive ketones (excluding diaryl/α,β-unsaturated/α-hetero) is 1. The Hall–Kier alpha value is -2.40. The number of benzene rings is 2. The van der Waals surface area contributed by atoms with Crippen molar-refractivity contribution in [1.82, 2.24) is 0 Å². The second-order valence-corrected chi connectivity index (χ2v) is 5.80. The second-order valence-electron chi connectivity index (χ2n) is 4.92. The topological polar surface area (TPSA) is 44.8 Å². The van der Waals surface area contributed by atoms with Crippen LogP contribution >= 0.6 is 11.8 Å². The Kier molecular flexibility index (Phi) is 4.30. The van der Waals surface area contributed by atoms with E-state index < -0.39 is 0 Å². The number of allylic oxidation sites excluding steroid dienone is 1. The monoisotopic (exact) mass is 328 g/mol. The highest BCUT2D eigenvalue weighted by Crippen LogP contribution is 2.41. The zero-order valence-corrected chi connectivity index (χ0v) is 13.9. The average molecular weight is 328 g/mol. The highest BCUT2D eigenvalue weighted by Gasteiger charge is 2.32. The van der Waals surface area contributed by atoms with Gasteiger partial charge in [0.1, 0.15) is 22.8 Å². The molecule has 118 valence electrons. The molecule has 0 aromatic heterocycles. The molecular weight excluding hydrogens is 312 g/mol. The van der Waals surface area contributed by atoms with Gasteiger partial charge in [-0.25, -0.2) is 0 Å². The van der Waals surface area contributed by atoms with E-state index in [2.05, 4.69) is 0 Å². The van der Waals surface area contributed by atoms with Crippen LogP contribution in [0.4, 0.5) is 0 Å². The molecule has 0 spiro atoms. The molecule has 0 unspecified atom stereocenters. The van der Waals surface area contributed by atoms with E-state index in [0.717, 1.165) is 5.56 Å². The van der Waals surface area contributed by atoms with Gasteiger partial charge in [0, 0.05) is 17.0 Å². The van der Waals surface area contributed by atoms with Crippen molar-refractivity contribution in [3.63, 3.8) is 0 Å². The van der Waals surface area contributed by atoms with Gasteiger partial charge in [0.05, 0.1) is 14.2 Å². The summed E-state index contributed by atoms with van der Waals surface area (Å²) in [5.74, 6) is 1.58. The van der Waals surface area contributed by atoms with E-state index in [1.54, 1.807) is 37.1 Å². The molecule has 0 saturated carbocycles. The summed E-state index contributed by atoms with van der Waals surface area (Å²) >= 11 is 1.67. The lowest BCUT2D eigenvalue weighted by atomic mass is 10.1. The fourth-order valence-electron chi connectivity index (χ4n) is 2.38. The van der Waals surface area contributed by atoms with Gasteiger partial charge < -0.3 is 14.2 Å². The maximum atomic E-state index is 12.6. The lowest BCUT2D eigenvalue weighted by Gasteiger charge is -2.07. The van der Waals surface area contributed by atoms with Gasteiger partial charge in [-0.05, 0) is 30.0 Å². The van der Waals surface area contributed by atoms with Crippen molar-refractivity contribution in [3.05, 3.63) is 53.3 Å². The van der Waals surface area contributed by atoms with Crippen molar-refractivity contribution in [2.24, 2.45) is 0 Å². The average Bonchev–Trinajstić information content (AvgIpc) is 2.90. The first-order chi connectivity index (χ1) is 11.2. The number of carbonyl (C=O) groups excluding carboxylic acids is 1. The number of hydrogen-bond donors (Lipinski definition) is 0. The first-order valence-electron chi connectivity index (χ1n) is 7.00. The molecule has 0 radical (unpaired) electrons. The summed E-state index contributed by atoms with van der Waals surface area (Å²) in [5, 5.41) is 0. The van der Waals surface area contributed by atoms with Crippen molar-refractivity contribution in [2.45, 2.75) is 4.90 Å². The lowest BCUT2D eigenvalue weighted by molar-refractivity contribution is 0.101. The smallest absolute Gasteiger partial charge is 0.235 e. The molecule has 1 aliphatic rings. The Morgan fingerprint density at radius 3 is 2.43 bits per heavy atom. The molecular formula is C18H16O4S. The molecule has 0 amide bonds. The summed E-state index contributed by atoms with van der Waals surface area (Å²) in [6, 6.07) is 11.3. The summed E-state index contributed by atoms with van der Waals surface area (Å²) in [5.41, 5.74) is 1.34. The van der Waals surface area contributed by atoms with Gasteiger partial charge in [-0.3, -0.25) is 4.79 Å². The maximum Gasteiger partial charge on any atom is 0.235 e. The Morgan fingerprint density at radius 2 is 1.83 bits per heavy atom. The number of hydrogen-bond acceptors (Lipinski definition) is 5. The van der Waals surface area contributed by atoms with Crippen LogP contribution in [0.2, 0.25) is 0 Å². The molecule has 4 nitrogen and oxygen atoms in total. The number of methoxy groups -OCH3 is 2. The van der Waals surface area contributed by atoms with E-state index in [-0.39, 0.29) is 11.5 Å². The molecule has 2 aromatic rings. The van der Waals surface area contributed by atoms with Gasteiger partial charge in [0.2, 0.25) is 5.78 Å². The highest BCUT2D eigenvalue weighted by atomic mass is 32.2. The Labute approximate surface area is 139 Å². The number of thioether (sulfide) groups is 1. The van der Waals surface area contributed by atoms with Gasteiger partial charge in [0.15, 0.2) is 5.76 Å². The van der Waals surface area contributed by atoms with Crippen LogP contribution in [0, 0.1) is 0 Å². The third-order valence-corrected chi connectivity index (χ3v) is 4.32. The molecule has 2 aromatic carbocycles. The molecule has 0 atom stereocenters. The molecule has 0 fully saturated rings.